The van der Waals surface area contributed by atoms with Crippen LogP contribution in [0, 0.1) is 0 Å². The molecule has 0 saturated carbocycles. The van der Waals surface area contributed by atoms with Crippen molar-refractivity contribution in [3.63, 3.8) is 0 Å². The summed E-state index contributed by atoms with van der Waals surface area (Å²) in [5, 5.41) is 9.99. The molecule has 124 valence electrons. The van der Waals surface area contributed by atoms with Gasteiger partial charge in [0.2, 0.25) is 0 Å². The standard InChI is InChI=1S/C17H22N2O4/c1-2-14-13(20)11-15(23-14)18-9-6-10-19(17(18)22)16(21)12-7-4-3-5-8-12/h3-5,7-8,13-15,20H,2,6,9-11H2,1H3/t13?,14-,15-/m1/s1. The Morgan fingerprint density at radius 2 is 2.04 bits per heavy atom. The van der Waals surface area contributed by atoms with Gasteiger partial charge in [0, 0.05) is 25.1 Å². The predicted octanol–water partition coefficient (Wildman–Crippen LogP) is 1.84. The van der Waals surface area contributed by atoms with E-state index in [1.165, 1.54) is 4.90 Å². The van der Waals surface area contributed by atoms with Gasteiger partial charge in [0.1, 0.15) is 6.23 Å². The van der Waals surface area contributed by atoms with Gasteiger partial charge in [-0.25, -0.2) is 4.79 Å². The van der Waals surface area contributed by atoms with Crippen LogP contribution in [0.5, 0.6) is 0 Å². The summed E-state index contributed by atoms with van der Waals surface area (Å²) in [6, 6.07) is 8.47. The fraction of sp³-hybridized carbons (Fsp3) is 0.529. The molecule has 0 spiro atoms. The normalized spacial score (nSPS) is 28.3. The Kier molecular flexibility index (Phi) is 4.63. The van der Waals surface area contributed by atoms with E-state index >= 15 is 0 Å². The van der Waals surface area contributed by atoms with E-state index in [-0.39, 0.29) is 18.0 Å². The molecule has 3 atom stereocenters. The first-order valence-corrected chi connectivity index (χ1v) is 8.13. The van der Waals surface area contributed by atoms with Crippen molar-refractivity contribution in [2.45, 2.75) is 44.6 Å². The van der Waals surface area contributed by atoms with Crippen molar-refractivity contribution in [3.05, 3.63) is 35.9 Å². The molecule has 2 fully saturated rings. The second-order valence-electron chi connectivity index (χ2n) is 5.99. The van der Waals surface area contributed by atoms with Crippen LogP contribution in [0.25, 0.3) is 0 Å². The maximum Gasteiger partial charge on any atom is 0.329 e. The molecule has 2 aliphatic heterocycles. The smallest absolute Gasteiger partial charge is 0.329 e. The third-order valence-electron chi connectivity index (χ3n) is 4.48. The number of imide groups is 1. The molecular formula is C17H22N2O4. The van der Waals surface area contributed by atoms with Crippen molar-refractivity contribution in [2.24, 2.45) is 0 Å². The Labute approximate surface area is 135 Å². The highest BCUT2D eigenvalue weighted by molar-refractivity contribution is 6.04. The van der Waals surface area contributed by atoms with Gasteiger partial charge < -0.3 is 9.84 Å². The van der Waals surface area contributed by atoms with Gasteiger partial charge in [-0.05, 0) is 25.0 Å². The maximum atomic E-state index is 12.7. The van der Waals surface area contributed by atoms with E-state index in [1.54, 1.807) is 29.2 Å². The number of rotatable bonds is 3. The lowest BCUT2D eigenvalue weighted by atomic mass is 10.1. The average Bonchev–Trinajstić information content (AvgIpc) is 2.96. The Bertz CT molecular complexity index is 577. The van der Waals surface area contributed by atoms with Crippen molar-refractivity contribution in [1.82, 2.24) is 9.80 Å². The van der Waals surface area contributed by atoms with Crippen molar-refractivity contribution < 1.29 is 19.4 Å². The highest BCUT2D eigenvalue weighted by Crippen LogP contribution is 2.28. The van der Waals surface area contributed by atoms with Crippen molar-refractivity contribution >= 4 is 11.9 Å². The molecule has 2 saturated heterocycles. The van der Waals surface area contributed by atoms with E-state index in [4.69, 9.17) is 4.74 Å². The average molecular weight is 318 g/mol. The minimum Gasteiger partial charge on any atom is -0.390 e. The number of ether oxygens (including phenoxy) is 1. The summed E-state index contributed by atoms with van der Waals surface area (Å²) in [6.07, 6.45) is 0.556. The Hall–Kier alpha value is -1.92. The molecule has 6 nitrogen and oxygen atoms in total. The van der Waals surface area contributed by atoms with E-state index in [0.29, 0.717) is 37.9 Å². The van der Waals surface area contributed by atoms with Gasteiger partial charge in [0.05, 0.1) is 12.2 Å². The number of amides is 3. The van der Waals surface area contributed by atoms with Crippen LogP contribution in [0.3, 0.4) is 0 Å². The molecule has 2 heterocycles. The highest BCUT2D eigenvalue weighted by atomic mass is 16.5. The van der Waals surface area contributed by atoms with Gasteiger partial charge in [-0.1, -0.05) is 25.1 Å². The summed E-state index contributed by atoms with van der Waals surface area (Å²) in [4.78, 5) is 28.1. The lowest BCUT2D eigenvalue weighted by Gasteiger charge is -2.37. The first-order valence-electron chi connectivity index (χ1n) is 8.13. The fourth-order valence-electron chi connectivity index (χ4n) is 3.21. The zero-order chi connectivity index (χ0) is 16.4. The van der Waals surface area contributed by atoms with Crippen LogP contribution in [0.2, 0.25) is 0 Å². The molecule has 0 aliphatic carbocycles. The van der Waals surface area contributed by atoms with Crippen LogP contribution in [-0.4, -0.2) is 58.4 Å². The van der Waals surface area contributed by atoms with Gasteiger partial charge in [-0.3, -0.25) is 14.6 Å². The second kappa shape index (κ2) is 6.68. The van der Waals surface area contributed by atoms with Crippen molar-refractivity contribution in [1.29, 1.82) is 0 Å². The third kappa shape index (κ3) is 3.09. The Morgan fingerprint density at radius 1 is 1.30 bits per heavy atom. The molecule has 1 unspecified atom stereocenters. The number of nitrogens with zero attached hydrogens (tertiary/aromatic N) is 2. The summed E-state index contributed by atoms with van der Waals surface area (Å²) < 4.78 is 5.78. The topological polar surface area (TPSA) is 70.1 Å². The molecule has 23 heavy (non-hydrogen) atoms. The van der Waals surface area contributed by atoms with Crippen LogP contribution in [0.1, 0.15) is 36.5 Å². The number of carbonyl (C=O) groups excluding carboxylic acids is 2. The van der Waals surface area contributed by atoms with Crippen LogP contribution in [0.4, 0.5) is 4.79 Å². The minimum absolute atomic E-state index is 0.243. The largest absolute Gasteiger partial charge is 0.390 e. The van der Waals surface area contributed by atoms with E-state index < -0.39 is 12.3 Å². The van der Waals surface area contributed by atoms with Crippen LogP contribution >= 0.6 is 0 Å². The molecular weight excluding hydrogens is 296 g/mol. The number of aliphatic hydroxyl groups is 1. The zero-order valence-electron chi connectivity index (χ0n) is 13.2. The number of benzene rings is 1. The number of hydrogen-bond donors (Lipinski definition) is 1. The van der Waals surface area contributed by atoms with Gasteiger partial charge in [-0.2, -0.15) is 0 Å². The number of aliphatic hydroxyl groups excluding tert-OH is 1. The Balaban J connectivity index is 1.73. The lowest BCUT2D eigenvalue weighted by Crippen LogP contribution is -2.55. The summed E-state index contributed by atoms with van der Waals surface area (Å²) in [5.74, 6) is -0.286. The Morgan fingerprint density at radius 3 is 2.70 bits per heavy atom. The molecule has 3 amide bonds. The monoisotopic (exact) mass is 318 g/mol. The van der Waals surface area contributed by atoms with E-state index in [0.717, 1.165) is 0 Å². The van der Waals surface area contributed by atoms with Gasteiger partial charge in [-0.15, -0.1) is 0 Å². The van der Waals surface area contributed by atoms with E-state index in [2.05, 4.69) is 0 Å². The van der Waals surface area contributed by atoms with Crippen LogP contribution < -0.4 is 0 Å². The van der Waals surface area contributed by atoms with Crippen molar-refractivity contribution in [3.8, 4) is 0 Å². The molecule has 6 heteroatoms. The molecule has 1 N–H and O–H groups in total. The first kappa shape index (κ1) is 16.0. The van der Waals surface area contributed by atoms with Gasteiger partial charge >= 0.3 is 6.03 Å². The molecule has 1 aromatic rings. The fourth-order valence-corrected chi connectivity index (χ4v) is 3.21. The van der Waals surface area contributed by atoms with Crippen molar-refractivity contribution in [2.75, 3.05) is 13.1 Å². The predicted molar refractivity (Wildman–Crippen MR) is 83.8 cm³/mol. The number of urea groups is 1. The minimum atomic E-state index is -0.557. The second-order valence-corrected chi connectivity index (χ2v) is 5.99. The van der Waals surface area contributed by atoms with E-state index in [9.17, 15) is 14.7 Å². The summed E-state index contributed by atoms with van der Waals surface area (Å²) in [6.45, 7) is 2.90. The third-order valence-corrected chi connectivity index (χ3v) is 4.48. The lowest BCUT2D eigenvalue weighted by molar-refractivity contribution is -0.0550. The maximum absolute atomic E-state index is 12.7. The quantitative estimate of drug-likeness (QED) is 0.923. The summed E-state index contributed by atoms with van der Waals surface area (Å²) >= 11 is 0. The van der Waals surface area contributed by atoms with Gasteiger partial charge in [0.15, 0.2) is 0 Å². The molecule has 0 radical (unpaired) electrons. The first-order chi connectivity index (χ1) is 11.1. The van der Waals surface area contributed by atoms with E-state index in [1.807, 2.05) is 13.0 Å². The molecule has 3 rings (SSSR count). The number of carbonyl (C=O) groups is 2. The zero-order valence-corrected chi connectivity index (χ0v) is 13.2. The number of hydrogen-bond acceptors (Lipinski definition) is 4. The van der Waals surface area contributed by atoms with Gasteiger partial charge in [0.25, 0.3) is 5.91 Å². The highest BCUT2D eigenvalue weighted by Gasteiger charge is 2.41. The van der Waals surface area contributed by atoms with Crippen LogP contribution in [-0.2, 0) is 4.74 Å². The molecule has 0 aromatic heterocycles. The molecule has 0 bridgehead atoms. The molecule has 2 aliphatic rings. The summed E-state index contributed by atoms with van der Waals surface area (Å²) in [7, 11) is 0. The SMILES string of the molecule is CC[C@H]1O[C@@H](N2CCCN(C(=O)c3ccccc3)C2=O)CC1O. The molecule has 1 aromatic carbocycles. The van der Waals surface area contributed by atoms with Crippen LogP contribution in [0.15, 0.2) is 30.3 Å². The summed E-state index contributed by atoms with van der Waals surface area (Å²) in [5.41, 5.74) is 0.501.